The smallest absolute Gasteiger partial charge is 0.244 e. The van der Waals surface area contributed by atoms with E-state index in [0.29, 0.717) is 40.3 Å². The summed E-state index contributed by atoms with van der Waals surface area (Å²) in [6.45, 7) is 3.28. The van der Waals surface area contributed by atoms with Crippen molar-refractivity contribution in [1.82, 2.24) is 10.2 Å². The summed E-state index contributed by atoms with van der Waals surface area (Å²) in [6, 6.07) is 8.69. The number of carbonyl (C=O) groups is 2. The summed E-state index contributed by atoms with van der Waals surface area (Å²) in [7, 11) is -2.39. The van der Waals surface area contributed by atoms with Crippen LogP contribution in [0.5, 0.6) is 11.5 Å². The molecule has 0 fully saturated rings. The SMILES string of the molecule is CCS(=O)(=O)N(CC(=O)N(Cc1ccc(Cl)c(Cl)c1)[C@@H](C)C(=O)NC)c1ccc2c(c1)OCCO2. The second-order valence-corrected chi connectivity index (χ2v) is 10.8. The average Bonchev–Trinajstić information content (AvgIpc) is 2.86. The van der Waals surface area contributed by atoms with E-state index < -0.39 is 34.4 Å². The first kappa shape index (κ1) is 26.9. The second-order valence-electron chi connectivity index (χ2n) is 7.80. The lowest BCUT2D eigenvalue weighted by atomic mass is 10.1. The maximum absolute atomic E-state index is 13.5. The summed E-state index contributed by atoms with van der Waals surface area (Å²) in [5, 5.41) is 3.18. The van der Waals surface area contributed by atoms with E-state index >= 15 is 0 Å². The van der Waals surface area contributed by atoms with Gasteiger partial charge in [0.25, 0.3) is 0 Å². The molecule has 1 atom stereocenters. The van der Waals surface area contributed by atoms with Crippen LogP contribution in [0.25, 0.3) is 0 Å². The molecule has 0 saturated carbocycles. The normalized spacial score (nSPS) is 13.6. The molecule has 0 saturated heterocycles. The van der Waals surface area contributed by atoms with Crippen molar-refractivity contribution in [3.63, 3.8) is 0 Å². The number of likely N-dealkylation sites (N-methyl/N-ethyl adjacent to an activating group) is 1. The first-order valence-corrected chi connectivity index (χ1v) is 13.3. The molecule has 1 N–H and O–H groups in total. The quantitative estimate of drug-likeness (QED) is 0.521. The number of ether oxygens (including phenoxy) is 2. The maximum Gasteiger partial charge on any atom is 0.244 e. The van der Waals surface area contributed by atoms with E-state index in [9.17, 15) is 18.0 Å². The molecule has 2 aromatic rings. The monoisotopic (exact) mass is 543 g/mol. The Morgan fingerprint density at radius 3 is 2.37 bits per heavy atom. The van der Waals surface area contributed by atoms with Crippen LogP contribution in [0.4, 0.5) is 5.69 Å². The zero-order valence-corrected chi connectivity index (χ0v) is 21.9. The molecule has 0 aromatic heterocycles. The van der Waals surface area contributed by atoms with Crippen molar-refractivity contribution in [3.05, 3.63) is 52.0 Å². The molecule has 3 rings (SSSR count). The number of hydrogen-bond donors (Lipinski definition) is 1. The lowest BCUT2D eigenvalue weighted by Crippen LogP contribution is -2.51. The van der Waals surface area contributed by atoms with Gasteiger partial charge in [-0.25, -0.2) is 8.42 Å². The van der Waals surface area contributed by atoms with Crippen molar-refractivity contribution in [2.75, 3.05) is 36.9 Å². The summed E-state index contributed by atoms with van der Waals surface area (Å²) >= 11 is 12.1. The summed E-state index contributed by atoms with van der Waals surface area (Å²) in [6.07, 6.45) is 0. The highest BCUT2D eigenvalue weighted by Gasteiger charge is 2.31. The molecule has 2 aromatic carbocycles. The molecular formula is C23H27Cl2N3O6S. The van der Waals surface area contributed by atoms with Gasteiger partial charge in [0, 0.05) is 19.7 Å². The molecular weight excluding hydrogens is 517 g/mol. The number of rotatable bonds is 9. The van der Waals surface area contributed by atoms with Gasteiger partial charge in [-0.15, -0.1) is 0 Å². The standard InChI is InChI=1S/C23H27Cl2N3O6S/c1-4-35(31,32)28(17-6-8-20-21(12-17)34-10-9-33-20)14-22(29)27(15(2)23(30)26-3)13-16-5-7-18(24)19(25)11-16/h5-8,11-12,15H,4,9-10,13-14H2,1-3H3,(H,26,30)/t15-/m0/s1. The van der Waals surface area contributed by atoms with Crippen molar-refractivity contribution in [2.45, 2.75) is 26.4 Å². The minimum absolute atomic E-state index is 0.0193. The van der Waals surface area contributed by atoms with E-state index in [-0.39, 0.29) is 18.0 Å². The fraction of sp³-hybridized carbons (Fsp3) is 0.391. The minimum Gasteiger partial charge on any atom is -0.486 e. The number of anilines is 1. The Labute approximate surface area is 214 Å². The Morgan fingerprint density at radius 1 is 1.06 bits per heavy atom. The number of amides is 2. The van der Waals surface area contributed by atoms with E-state index in [0.717, 1.165) is 4.31 Å². The Morgan fingerprint density at radius 2 is 1.74 bits per heavy atom. The topological polar surface area (TPSA) is 105 Å². The Kier molecular flexibility index (Phi) is 8.74. The van der Waals surface area contributed by atoms with Gasteiger partial charge in [0.15, 0.2) is 11.5 Å². The largest absolute Gasteiger partial charge is 0.486 e. The van der Waals surface area contributed by atoms with Crippen molar-refractivity contribution in [1.29, 1.82) is 0 Å². The third-order valence-corrected chi connectivity index (χ3v) is 8.02. The van der Waals surface area contributed by atoms with Crippen molar-refractivity contribution < 1.29 is 27.5 Å². The lowest BCUT2D eigenvalue weighted by molar-refractivity contribution is -0.139. The molecule has 0 spiro atoms. The van der Waals surface area contributed by atoms with E-state index in [4.69, 9.17) is 32.7 Å². The van der Waals surface area contributed by atoms with Crippen LogP contribution in [0.2, 0.25) is 10.0 Å². The van der Waals surface area contributed by atoms with Crippen molar-refractivity contribution >= 4 is 50.7 Å². The van der Waals surface area contributed by atoms with Crippen LogP contribution in [0.1, 0.15) is 19.4 Å². The molecule has 1 heterocycles. The van der Waals surface area contributed by atoms with Gasteiger partial charge in [0.05, 0.1) is 21.5 Å². The van der Waals surface area contributed by atoms with E-state index in [2.05, 4.69) is 5.32 Å². The predicted molar refractivity (Wildman–Crippen MR) is 135 cm³/mol. The molecule has 12 heteroatoms. The molecule has 0 unspecified atom stereocenters. The summed E-state index contributed by atoms with van der Waals surface area (Å²) < 4.78 is 38.1. The lowest BCUT2D eigenvalue weighted by Gasteiger charge is -2.32. The molecule has 190 valence electrons. The van der Waals surface area contributed by atoms with E-state index in [1.54, 1.807) is 37.3 Å². The van der Waals surface area contributed by atoms with Crippen LogP contribution in [0, 0.1) is 0 Å². The molecule has 0 bridgehead atoms. The van der Waals surface area contributed by atoms with Crippen molar-refractivity contribution in [3.8, 4) is 11.5 Å². The second kappa shape index (κ2) is 11.4. The van der Waals surface area contributed by atoms with Gasteiger partial charge < -0.3 is 19.7 Å². The number of nitrogens with one attached hydrogen (secondary N) is 1. The maximum atomic E-state index is 13.5. The highest BCUT2D eigenvalue weighted by molar-refractivity contribution is 7.92. The van der Waals surface area contributed by atoms with Gasteiger partial charge in [-0.2, -0.15) is 0 Å². The van der Waals surface area contributed by atoms with E-state index in [1.807, 2.05) is 0 Å². The molecule has 35 heavy (non-hydrogen) atoms. The first-order valence-electron chi connectivity index (χ1n) is 10.9. The summed E-state index contributed by atoms with van der Waals surface area (Å²) in [5.74, 6) is -0.313. The molecule has 1 aliphatic rings. The minimum atomic E-state index is -3.85. The van der Waals surface area contributed by atoms with Crippen LogP contribution in [0.15, 0.2) is 36.4 Å². The third kappa shape index (κ3) is 6.31. The number of nitrogens with zero attached hydrogens (tertiary/aromatic N) is 2. The molecule has 2 amide bonds. The van der Waals surface area contributed by atoms with Crippen LogP contribution in [-0.2, 0) is 26.2 Å². The van der Waals surface area contributed by atoms with Crippen LogP contribution in [-0.4, -0.2) is 63.7 Å². The van der Waals surface area contributed by atoms with Crippen LogP contribution >= 0.6 is 23.2 Å². The summed E-state index contributed by atoms with van der Waals surface area (Å²) in [4.78, 5) is 27.2. The van der Waals surface area contributed by atoms with Crippen LogP contribution in [0.3, 0.4) is 0 Å². The van der Waals surface area contributed by atoms with Gasteiger partial charge in [-0.05, 0) is 43.7 Å². The highest BCUT2D eigenvalue weighted by atomic mass is 35.5. The Balaban J connectivity index is 1.95. The fourth-order valence-corrected chi connectivity index (χ4v) is 4.91. The number of hydrogen-bond acceptors (Lipinski definition) is 6. The highest BCUT2D eigenvalue weighted by Crippen LogP contribution is 2.35. The third-order valence-electron chi connectivity index (χ3n) is 5.54. The number of carbonyl (C=O) groups excluding carboxylic acids is 2. The van der Waals surface area contributed by atoms with Gasteiger partial charge in [0.2, 0.25) is 21.8 Å². The molecule has 9 nitrogen and oxygen atoms in total. The summed E-state index contributed by atoms with van der Waals surface area (Å²) in [5.41, 5.74) is 0.888. The molecule has 0 aliphatic carbocycles. The van der Waals surface area contributed by atoms with Gasteiger partial charge >= 0.3 is 0 Å². The zero-order valence-electron chi connectivity index (χ0n) is 19.6. The van der Waals surface area contributed by atoms with Gasteiger partial charge in [-0.1, -0.05) is 29.3 Å². The Hall–Kier alpha value is -2.69. The first-order chi connectivity index (χ1) is 16.6. The number of sulfonamides is 1. The molecule has 0 radical (unpaired) electrons. The number of fused-ring (bicyclic) bond motifs is 1. The molecule has 1 aliphatic heterocycles. The van der Waals surface area contributed by atoms with Gasteiger partial charge in [-0.3, -0.25) is 13.9 Å². The average molecular weight is 544 g/mol. The Bertz CT molecular complexity index is 1210. The predicted octanol–water partition coefficient (Wildman–Crippen LogP) is 3.08. The zero-order chi connectivity index (χ0) is 25.8. The fourth-order valence-electron chi connectivity index (χ4n) is 3.53. The van der Waals surface area contributed by atoms with Crippen molar-refractivity contribution in [2.24, 2.45) is 0 Å². The van der Waals surface area contributed by atoms with E-state index in [1.165, 1.54) is 24.9 Å². The number of halogens is 2. The number of benzene rings is 2. The van der Waals surface area contributed by atoms with Crippen LogP contribution < -0.4 is 19.1 Å². The van der Waals surface area contributed by atoms with Gasteiger partial charge in [0.1, 0.15) is 25.8 Å².